The normalized spacial score (nSPS) is 39.0. The largest absolute Gasteiger partial charge is 0.370 e. The fourth-order valence-corrected chi connectivity index (χ4v) is 3.28. The zero-order valence-electron chi connectivity index (χ0n) is 10.3. The number of amides is 1. The number of hydrogen-bond donors (Lipinski definition) is 2. The minimum absolute atomic E-state index is 0.00949. The second-order valence-electron chi connectivity index (χ2n) is 5.61. The summed E-state index contributed by atoms with van der Waals surface area (Å²) in [6.45, 7) is 6.52. The highest BCUT2D eigenvalue weighted by Crippen LogP contribution is 2.44. The van der Waals surface area contributed by atoms with Crippen molar-refractivity contribution in [3.63, 3.8) is 0 Å². The molecule has 4 heteroatoms. The van der Waals surface area contributed by atoms with Crippen molar-refractivity contribution in [3.05, 3.63) is 0 Å². The lowest BCUT2D eigenvalue weighted by Crippen LogP contribution is -2.51. The summed E-state index contributed by atoms with van der Waals surface area (Å²) >= 11 is 0. The molecule has 0 aromatic carbocycles. The first-order valence-electron chi connectivity index (χ1n) is 6.12. The number of nitrogens with two attached hydrogens (primary N) is 1. The summed E-state index contributed by atoms with van der Waals surface area (Å²) in [6, 6.07) is 0. The van der Waals surface area contributed by atoms with E-state index in [1.54, 1.807) is 0 Å². The van der Waals surface area contributed by atoms with Gasteiger partial charge in [-0.05, 0) is 30.6 Å². The van der Waals surface area contributed by atoms with Gasteiger partial charge in [-0.1, -0.05) is 27.2 Å². The van der Waals surface area contributed by atoms with Crippen LogP contribution in [0.4, 0.5) is 0 Å². The lowest BCUT2D eigenvalue weighted by atomic mass is 9.65. The molecule has 0 saturated heterocycles. The number of nitrogens with zero attached hydrogens (tertiary/aromatic N) is 1. The van der Waals surface area contributed by atoms with Crippen molar-refractivity contribution in [2.75, 3.05) is 0 Å². The van der Waals surface area contributed by atoms with Crippen molar-refractivity contribution in [1.82, 2.24) is 5.32 Å². The second kappa shape index (κ2) is 3.75. The highest BCUT2D eigenvalue weighted by atomic mass is 16.2. The summed E-state index contributed by atoms with van der Waals surface area (Å²) in [5.41, 5.74) is 5.08. The van der Waals surface area contributed by atoms with Crippen LogP contribution in [0.5, 0.6) is 0 Å². The van der Waals surface area contributed by atoms with Crippen LogP contribution in [0.3, 0.4) is 0 Å². The Hall–Kier alpha value is -1.06. The third-order valence-corrected chi connectivity index (χ3v) is 4.00. The molecule has 1 heterocycles. The van der Waals surface area contributed by atoms with E-state index in [0.29, 0.717) is 23.7 Å². The van der Waals surface area contributed by atoms with Crippen LogP contribution in [0.25, 0.3) is 0 Å². The maximum atomic E-state index is 12.1. The zero-order valence-corrected chi connectivity index (χ0v) is 10.3. The fourth-order valence-electron chi connectivity index (χ4n) is 3.28. The number of hydrogen-bond acceptors (Lipinski definition) is 3. The third kappa shape index (κ3) is 1.60. The standard InChI is InChI=1S/C12H21N3O/c1-7(2)9-5-4-8(3)6-12(9)10(16)14-11(13)15-12/h7-9H,4-6H2,1-3H3,(H3,13,14,15,16). The maximum Gasteiger partial charge on any atom is 0.255 e. The van der Waals surface area contributed by atoms with E-state index in [1.165, 1.54) is 6.42 Å². The van der Waals surface area contributed by atoms with Gasteiger partial charge in [0.2, 0.25) is 0 Å². The predicted molar refractivity (Wildman–Crippen MR) is 63.8 cm³/mol. The quantitative estimate of drug-likeness (QED) is 0.702. The minimum atomic E-state index is -0.573. The SMILES string of the molecule is CC1CCC(C(C)C)C2(C1)N=C(N)NC2=O. The molecule has 0 aromatic heterocycles. The lowest BCUT2D eigenvalue weighted by molar-refractivity contribution is -0.128. The average Bonchev–Trinajstić information content (AvgIpc) is 2.41. The molecule has 2 aliphatic rings. The van der Waals surface area contributed by atoms with Gasteiger partial charge in [0.05, 0.1) is 0 Å². The summed E-state index contributed by atoms with van der Waals surface area (Å²) in [5, 5.41) is 2.67. The summed E-state index contributed by atoms with van der Waals surface area (Å²) < 4.78 is 0. The van der Waals surface area contributed by atoms with E-state index in [1.807, 2.05) is 0 Å². The molecule has 1 fully saturated rings. The first-order chi connectivity index (χ1) is 7.45. The van der Waals surface area contributed by atoms with E-state index in [2.05, 4.69) is 31.1 Å². The van der Waals surface area contributed by atoms with Crippen molar-refractivity contribution >= 4 is 11.9 Å². The molecule has 3 atom stereocenters. The number of nitrogens with one attached hydrogen (secondary N) is 1. The number of guanidine groups is 1. The summed E-state index contributed by atoms with van der Waals surface area (Å²) in [4.78, 5) is 16.6. The highest BCUT2D eigenvalue weighted by Gasteiger charge is 2.52. The Morgan fingerprint density at radius 2 is 2.19 bits per heavy atom. The molecule has 1 aliphatic heterocycles. The molecular formula is C12H21N3O. The van der Waals surface area contributed by atoms with Gasteiger partial charge in [-0.25, -0.2) is 4.99 Å². The van der Waals surface area contributed by atoms with Crippen LogP contribution in [0.15, 0.2) is 4.99 Å². The molecule has 90 valence electrons. The van der Waals surface area contributed by atoms with E-state index < -0.39 is 5.54 Å². The Balaban J connectivity index is 2.36. The number of carbonyl (C=O) groups excluding carboxylic acids is 1. The highest BCUT2D eigenvalue weighted by molar-refractivity contribution is 6.07. The van der Waals surface area contributed by atoms with Crippen molar-refractivity contribution in [2.45, 2.75) is 45.6 Å². The predicted octanol–water partition coefficient (Wildman–Crippen LogP) is 1.26. The van der Waals surface area contributed by atoms with Gasteiger partial charge in [-0.15, -0.1) is 0 Å². The zero-order chi connectivity index (χ0) is 11.9. The van der Waals surface area contributed by atoms with Gasteiger partial charge in [0, 0.05) is 0 Å². The molecular weight excluding hydrogens is 202 g/mol. The van der Waals surface area contributed by atoms with Crippen LogP contribution in [0.1, 0.15) is 40.0 Å². The van der Waals surface area contributed by atoms with Crippen LogP contribution in [-0.4, -0.2) is 17.4 Å². The number of aliphatic imine (C=N–C) groups is 1. The number of rotatable bonds is 1. The lowest BCUT2D eigenvalue weighted by Gasteiger charge is -2.41. The van der Waals surface area contributed by atoms with E-state index in [9.17, 15) is 4.79 Å². The molecule has 1 saturated carbocycles. The monoisotopic (exact) mass is 223 g/mol. The average molecular weight is 223 g/mol. The molecule has 4 nitrogen and oxygen atoms in total. The molecule has 0 aromatic rings. The molecule has 2 rings (SSSR count). The van der Waals surface area contributed by atoms with Gasteiger partial charge in [0.15, 0.2) is 5.96 Å². The molecule has 3 unspecified atom stereocenters. The fraction of sp³-hybridized carbons (Fsp3) is 0.833. The van der Waals surface area contributed by atoms with Gasteiger partial charge in [-0.2, -0.15) is 0 Å². The topological polar surface area (TPSA) is 67.5 Å². The summed E-state index contributed by atoms with van der Waals surface area (Å²) in [7, 11) is 0. The van der Waals surface area contributed by atoms with Crippen molar-refractivity contribution < 1.29 is 4.79 Å². The maximum absolute atomic E-state index is 12.1. The van der Waals surface area contributed by atoms with Crippen LogP contribution >= 0.6 is 0 Å². The van der Waals surface area contributed by atoms with Gasteiger partial charge in [0.25, 0.3) is 5.91 Å². The van der Waals surface area contributed by atoms with Gasteiger partial charge < -0.3 is 5.73 Å². The molecule has 16 heavy (non-hydrogen) atoms. The van der Waals surface area contributed by atoms with Crippen LogP contribution in [0.2, 0.25) is 0 Å². The van der Waals surface area contributed by atoms with E-state index in [4.69, 9.17) is 5.73 Å². The van der Waals surface area contributed by atoms with Crippen molar-refractivity contribution in [2.24, 2.45) is 28.5 Å². The molecule has 0 bridgehead atoms. The van der Waals surface area contributed by atoms with Crippen LogP contribution in [0, 0.1) is 17.8 Å². The van der Waals surface area contributed by atoms with Crippen molar-refractivity contribution in [3.8, 4) is 0 Å². The molecule has 3 N–H and O–H groups in total. The Bertz CT molecular complexity index is 337. The van der Waals surface area contributed by atoms with Gasteiger partial charge in [0.1, 0.15) is 5.54 Å². The van der Waals surface area contributed by atoms with Crippen LogP contribution in [-0.2, 0) is 4.79 Å². The van der Waals surface area contributed by atoms with E-state index in [0.717, 1.165) is 12.8 Å². The summed E-state index contributed by atoms with van der Waals surface area (Å²) in [5.74, 6) is 1.65. The second-order valence-corrected chi connectivity index (χ2v) is 5.61. The van der Waals surface area contributed by atoms with E-state index >= 15 is 0 Å². The van der Waals surface area contributed by atoms with Gasteiger partial charge in [-0.3, -0.25) is 10.1 Å². The molecule has 1 spiro atoms. The summed E-state index contributed by atoms with van der Waals surface area (Å²) in [6.07, 6.45) is 3.10. The number of carbonyl (C=O) groups is 1. The Labute approximate surface area is 96.7 Å². The molecule has 1 amide bonds. The first kappa shape index (κ1) is 11.4. The molecule has 0 radical (unpaired) electrons. The third-order valence-electron chi connectivity index (χ3n) is 4.00. The Morgan fingerprint density at radius 1 is 1.50 bits per heavy atom. The first-order valence-corrected chi connectivity index (χ1v) is 6.12. The molecule has 1 aliphatic carbocycles. The Morgan fingerprint density at radius 3 is 2.69 bits per heavy atom. The van der Waals surface area contributed by atoms with Gasteiger partial charge >= 0.3 is 0 Å². The van der Waals surface area contributed by atoms with Crippen molar-refractivity contribution in [1.29, 1.82) is 0 Å². The Kier molecular flexibility index (Phi) is 2.68. The minimum Gasteiger partial charge on any atom is -0.370 e. The van der Waals surface area contributed by atoms with Crippen LogP contribution < -0.4 is 11.1 Å². The smallest absolute Gasteiger partial charge is 0.255 e. The van der Waals surface area contributed by atoms with E-state index in [-0.39, 0.29) is 5.91 Å².